The first-order valence-corrected chi connectivity index (χ1v) is 14.4. The van der Waals surface area contributed by atoms with Gasteiger partial charge in [0.05, 0.1) is 24.3 Å². The number of carbonyl (C=O) groups excluding carboxylic acids is 1. The van der Waals surface area contributed by atoms with Crippen LogP contribution in [0, 0.1) is 5.92 Å². The maximum Gasteiger partial charge on any atom is 0.333 e. The molecule has 2 aromatic carbocycles. The van der Waals surface area contributed by atoms with Gasteiger partial charge >= 0.3 is 10.3 Å². The average Bonchev–Trinajstić information content (AvgIpc) is 3.41. The summed E-state index contributed by atoms with van der Waals surface area (Å²) in [6.45, 7) is -0.0291. The summed E-state index contributed by atoms with van der Waals surface area (Å²) in [4.78, 5) is 22.1. The first-order chi connectivity index (χ1) is 19.0. The molecule has 11 nitrogen and oxygen atoms in total. The molecule has 0 amide bonds. The molecule has 1 aliphatic carbocycles. The minimum Gasteiger partial charge on any atom is -0.390 e. The van der Waals surface area contributed by atoms with E-state index in [2.05, 4.69) is 19.5 Å². The van der Waals surface area contributed by atoms with E-state index in [0.717, 1.165) is 11.1 Å². The van der Waals surface area contributed by atoms with Crippen molar-refractivity contribution in [3.05, 3.63) is 87.9 Å². The van der Waals surface area contributed by atoms with E-state index in [9.17, 15) is 23.4 Å². The Kier molecular flexibility index (Phi) is 8.11. The Balaban J connectivity index is 1.43. The molecule has 5 N–H and O–H groups in total. The number of fused-ring (bicyclic) bond motifs is 1. The topological polar surface area (TPSA) is 170 Å². The van der Waals surface area contributed by atoms with Crippen molar-refractivity contribution in [2.24, 2.45) is 11.1 Å². The van der Waals surface area contributed by atoms with Crippen LogP contribution in [0.1, 0.15) is 27.9 Å². The molecule has 4 aromatic rings. The molecule has 2 heterocycles. The highest BCUT2D eigenvalue weighted by molar-refractivity contribution is 7.84. The zero-order valence-corrected chi connectivity index (χ0v) is 23.1. The Morgan fingerprint density at radius 2 is 1.93 bits per heavy atom. The van der Waals surface area contributed by atoms with E-state index in [1.165, 1.54) is 12.5 Å². The van der Waals surface area contributed by atoms with Gasteiger partial charge in [-0.25, -0.2) is 15.1 Å². The molecular weight excluding hydrogens is 581 g/mol. The van der Waals surface area contributed by atoms with E-state index in [-0.39, 0.29) is 23.6 Å². The molecule has 1 aliphatic rings. The fourth-order valence-corrected chi connectivity index (χ4v) is 5.69. The van der Waals surface area contributed by atoms with Crippen LogP contribution in [0.25, 0.3) is 10.9 Å². The molecule has 0 radical (unpaired) electrons. The molecule has 0 unspecified atom stereocenters. The lowest BCUT2D eigenvalue weighted by molar-refractivity contribution is 0.00778. The smallest absolute Gasteiger partial charge is 0.333 e. The van der Waals surface area contributed by atoms with Crippen molar-refractivity contribution in [1.82, 2.24) is 14.5 Å². The Labute approximate surface area is 239 Å². The SMILES string of the molecule is NS(=O)(=O)OC[C@H]1C[C@@H](Nc2ncncc2C(=O)c2cn(Cc3cc(Cl)ccc3Cl)c3ccccc23)[C@H](O)[C@@H]1O. The van der Waals surface area contributed by atoms with Crippen molar-refractivity contribution < 1.29 is 27.6 Å². The number of carbonyl (C=O) groups is 1. The Morgan fingerprint density at radius 3 is 2.70 bits per heavy atom. The highest BCUT2D eigenvalue weighted by atomic mass is 35.5. The van der Waals surface area contributed by atoms with Gasteiger partial charge in [-0.15, -0.1) is 0 Å². The van der Waals surface area contributed by atoms with Crippen LogP contribution in [0.4, 0.5) is 5.82 Å². The lowest BCUT2D eigenvalue weighted by Gasteiger charge is -2.19. The molecule has 4 atom stereocenters. The molecule has 2 aromatic heterocycles. The van der Waals surface area contributed by atoms with Crippen LogP contribution in [0.15, 0.2) is 61.2 Å². The Morgan fingerprint density at radius 1 is 1.15 bits per heavy atom. The van der Waals surface area contributed by atoms with E-state index in [1.54, 1.807) is 24.4 Å². The van der Waals surface area contributed by atoms with Crippen molar-refractivity contribution in [1.29, 1.82) is 0 Å². The van der Waals surface area contributed by atoms with Gasteiger partial charge < -0.3 is 20.1 Å². The molecular formula is C26H25Cl2N5O6S. The highest BCUT2D eigenvalue weighted by Gasteiger charge is 2.42. The summed E-state index contributed by atoms with van der Waals surface area (Å²) in [5, 5.41) is 30.7. The zero-order chi connectivity index (χ0) is 28.6. The number of anilines is 1. The lowest BCUT2D eigenvalue weighted by atomic mass is 10.0. The van der Waals surface area contributed by atoms with Gasteiger partial charge in [-0.05, 0) is 36.2 Å². The number of hydrogen-bond acceptors (Lipinski definition) is 9. The number of aliphatic hydroxyl groups is 2. The second kappa shape index (κ2) is 11.4. The fraction of sp³-hybridized carbons (Fsp3) is 0.269. The summed E-state index contributed by atoms with van der Waals surface area (Å²) in [5.74, 6) is -0.931. The van der Waals surface area contributed by atoms with Crippen LogP contribution in [0.2, 0.25) is 10.0 Å². The first kappa shape index (κ1) is 28.4. The third-order valence-corrected chi connectivity index (χ3v) is 7.98. The fourth-order valence-electron chi connectivity index (χ4n) is 4.95. The zero-order valence-electron chi connectivity index (χ0n) is 20.8. The minimum atomic E-state index is -4.21. The summed E-state index contributed by atoms with van der Waals surface area (Å²) in [5.41, 5.74) is 2.14. The molecule has 210 valence electrons. The van der Waals surface area contributed by atoms with E-state index in [0.29, 0.717) is 27.5 Å². The summed E-state index contributed by atoms with van der Waals surface area (Å²) < 4.78 is 28.8. The van der Waals surface area contributed by atoms with E-state index in [4.69, 9.17) is 28.3 Å². The number of ketones is 1. The number of rotatable bonds is 9. The van der Waals surface area contributed by atoms with Crippen LogP contribution in [0.5, 0.6) is 0 Å². The number of hydrogen-bond donors (Lipinski definition) is 4. The van der Waals surface area contributed by atoms with E-state index in [1.807, 2.05) is 28.8 Å². The Bertz CT molecular complexity index is 1680. The van der Waals surface area contributed by atoms with Crippen molar-refractivity contribution >= 4 is 56.0 Å². The Hall–Kier alpha value is -3.10. The van der Waals surface area contributed by atoms with E-state index < -0.39 is 41.1 Å². The van der Waals surface area contributed by atoms with Crippen molar-refractivity contribution in [2.75, 3.05) is 11.9 Å². The van der Waals surface area contributed by atoms with Crippen LogP contribution >= 0.6 is 23.2 Å². The number of aromatic nitrogens is 3. The molecule has 1 fully saturated rings. The monoisotopic (exact) mass is 605 g/mol. The third kappa shape index (κ3) is 5.98. The quantitative estimate of drug-likeness (QED) is 0.209. The highest BCUT2D eigenvalue weighted by Crippen LogP contribution is 2.32. The standard InChI is InChI=1S/C26H25Cl2N5O6S/c27-16-5-6-20(28)14(7-16)10-33-11-19(17-3-1-2-4-22(17)33)24(35)18-9-30-13-31-26(18)32-21-8-15(23(34)25(21)36)12-39-40(29,37)38/h1-7,9,11,13,15,21,23,25,34,36H,8,10,12H2,(H2,29,37,38)(H,30,31,32)/t15-,21-,23-,25+/m1/s1. The number of benzene rings is 2. The number of aliphatic hydroxyl groups excluding tert-OH is 2. The number of para-hydroxylation sites is 1. The average molecular weight is 606 g/mol. The number of halogens is 2. The summed E-state index contributed by atoms with van der Waals surface area (Å²) >= 11 is 12.6. The molecule has 5 rings (SSSR count). The molecule has 0 aliphatic heterocycles. The number of nitrogens with zero attached hydrogens (tertiary/aromatic N) is 3. The summed E-state index contributed by atoms with van der Waals surface area (Å²) in [6, 6.07) is 11.9. The van der Waals surface area contributed by atoms with Crippen LogP contribution < -0.4 is 10.5 Å². The second-order valence-electron chi connectivity index (χ2n) is 9.54. The van der Waals surface area contributed by atoms with Gasteiger partial charge in [0, 0.05) is 51.4 Å². The van der Waals surface area contributed by atoms with Crippen LogP contribution in [-0.4, -0.2) is 63.8 Å². The largest absolute Gasteiger partial charge is 0.390 e. The number of nitrogens with two attached hydrogens (primary N) is 1. The van der Waals surface area contributed by atoms with Crippen LogP contribution in [-0.2, 0) is 21.0 Å². The molecule has 0 bridgehead atoms. The predicted octanol–water partition coefficient (Wildman–Crippen LogP) is 2.76. The van der Waals surface area contributed by atoms with Crippen molar-refractivity contribution in [3.8, 4) is 0 Å². The van der Waals surface area contributed by atoms with Gasteiger partial charge in [0.25, 0.3) is 0 Å². The molecule has 1 saturated carbocycles. The van der Waals surface area contributed by atoms with Gasteiger partial charge in [0.15, 0.2) is 5.78 Å². The van der Waals surface area contributed by atoms with Gasteiger partial charge in [0.2, 0.25) is 0 Å². The molecule has 0 spiro atoms. The number of nitrogens with one attached hydrogen (secondary N) is 1. The molecule has 14 heteroatoms. The minimum absolute atomic E-state index is 0.134. The maximum atomic E-state index is 13.9. The predicted molar refractivity (Wildman–Crippen MR) is 150 cm³/mol. The summed E-state index contributed by atoms with van der Waals surface area (Å²) in [6.07, 6.45) is 1.93. The second-order valence-corrected chi connectivity index (χ2v) is 11.6. The van der Waals surface area contributed by atoms with Gasteiger partial charge in [-0.2, -0.15) is 8.42 Å². The van der Waals surface area contributed by atoms with Crippen molar-refractivity contribution in [3.63, 3.8) is 0 Å². The maximum absolute atomic E-state index is 13.9. The van der Waals surface area contributed by atoms with Gasteiger partial charge in [-0.3, -0.25) is 8.98 Å². The summed E-state index contributed by atoms with van der Waals surface area (Å²) in [7, 11) is -4.21. The third-order valence-electron chi connectivity index (χ3n) is 6.91. The lowest BCUT2D eigenvalue weighted by Crippen LogP contribution is -2.36. The normalized spacial score (nSPS) is 21.1. The van der Waals surface area contributed by atoms with E-state index >= 15 is 0 Å². The molecule has 0 saturated heterocycles. The molecule has 40 heavy (non-hydrogen) atoms. The van der Waals surface area contributed by atoms with Gasteiger partial charge in [-0.1, -0.05) is 41.4 Å². The van der Waals surface area contributed by atoms with Crippen LogP contribution in [0.3, 0.4) is 0 Å². The van der Waals surface area contributed by atoms with Crippen molar-refractivity contribution in [2.45, 2.75) is 31.2 Å². The first-order valence-electron chi connectivity index (χ1n) is 12.2. The van der Waals surface area contributed by atoms with Gasteiger partial charge in [0.1, 0.15) is 18.2 Å².